The van der Waals surface area contributed by atoms with E-state index in [-0.39, 0.29) is 40.5 Å². The second-order valence-electron chi connectivity index (χ2n) is 12.9. The van der Waals surface area contributed by atoms with Crippen LogP contribution in [0.2, 0.25) is 0 Å². The smallest absolute Gasteiger partial charge is 0.456 e. The minimum absolute atomic E-state index is 0.0535. The first-order chi connectivity index (χ1) is 25.3. The highest BCUT2D eigenvalue weighted by Crippen LogP contribution is 2.50. The monoisotopic (exact) mass is 841 g/mol. The Morgan fingerprint density at radius 2 is 1.83 bits per heavy atom. The Bertz CT molecular complexity index is 1930. The lowest BCUT2D eigenvalue weighted by Crippen LogP contribution is -2.40. The van der Waals surface area contributed by atoms with Crippen LogP contribution in [0, 0.1) is 0 Å². The van der Waals surface area contributed by atoms with Crippen LogP contribution in [0.3, 0.4) is 0 Å². The molecule has 0 saturated carbocycles. The minimum Gasteiger partial charge on any atom is -0.456 e. The Kier molecular flexibility index (Phi) is 13.8. The second-order valence-corrected chi connectivity index (χ2v) is 18.8. The molecule has 0 aromatic carbocycles. The number of carbonyl (C=O) groups excluding carboxylic acids is 1. The van der Waals surface area contributed by atoms with Crippen molar-refractivity contribution in [3.63, 3.8) is 0 Å². The van der Waals surface area contributed by atoms with Gasteiger partial charge in [0.05, 0.1) is 26.1 Å². The van der Waals surface area contributed by atoms with Gasteiger partial charge in [0.1, 0.15) is 48.3 Å². The number of aromatic nitrogens is 6. The third kappa shape index (κ3) is 11.4. The number of aliphatic hydroxyl groups is 1. The van der Waals surface area contributed by atoms with Crippen molar-refractivity contribution in [3.05, 3.63) is 35.4 Å². The molecule has 2 aliphatic rings. The normalized spacial score (nSPS) is 25.9. The van der Waals surface area contributed by atoms with Crippen molar-refractivity contribution < 1.29 is 61.5 Å². The second kappa shape index (κ2) is 17.6. The van der Waals surface area contributed by atoms with Gasteiger partial charge in [-0.2, -0.15) is 4.98 Å². The van der Waals surface area contributed by atoms with Crippen LogP contribution in [-0.4, -0.2) is 122 Å². The molecular formula is C27H41N9O14P2S2. The van der Waals surface area contributed by atoms with Crippen LogP contribution in [0.1, 0.15) is 39.6 Å². The summed E-state index contributed by atoms with van der Waals surface area (Å²) in [5.41, 5.74) is 11.0. The molecule has 54 heavy (non-hydrogen) atoms. The molecule has 0 bridgehead atoms. The average Bonchev–Trinajstić information content (AvgIpc) is 3.76. The number of hydrogen-bond donors (Lipinski definition) is 7. The van der Waals surface area contributed by atoms with Gasteiger partial charge < -0.3 is 50.8 Å². The first kappa shape index (κ1) is 42.4. The molecule has 5 rings (SSSR count). The predicted molar refractivity (Wildman–Crippen MR) is 192 cm³/mol. The predicted octanol–water partition coefficient (Wildman–Crippen LogP) is 0.0862. The van der Waals surface area contributed by atoms with Crippen LogP contribution in [0.4, 0.5) is 11.6 Å². The maximum absolute atomic E-state index is 13.3. The van der Waals surface area contributed by atoms with Gasteiger partial charge >= 0.3 is 27.3 Å². The molecule has 5 unspecified atom stereocenters. The zero-order valence-electron chi connectivity index (χ0n) is 29.0. The van der Waals surface area contributed by atoms with E-state index < -0.39 is 83.5 Å². The van der Waals surface area contributed by atoms with Gasteiger partial charge in [0, 0.05) is 29.7 Å². The third-order valence-corrected chi connectivity index (χ3v) is 12.4. The Hall–Kier alpha value is -2.74. The number of nitrogens with one attached hydrogen (secondary N) is 1. The van der Waals surface area contributed by atoms with Crippen molar-refractivity contribution >= 4 is 66.0 Å². The third-order valence-electron chi connectivity index (χ3n) is 7.60. The summed E-state index contributed by atoms with van der Waals surface area (Å²) in [4.78, 5) is 70.4. The van der Waals surface area contributed by atoms with E-state index in [1.54, 1.807) is 21.6 Å². The summed E-state index contributed by atoms with van der Waals surface area (Å²) in [5.74, 6) is -0.0958. The quantitative estimate of drug-likeness (QED) is 0.0410. The lowest BCUT2D eigenvalue weighted by molar-refractivity contribution is -0.155. The van der Waals surface area contributed by atoms with Crippen molar-refractivity contribution in [2.45, 2.75) is 74.9 Å². The highest BCUT2D eigenvalue weighted by atomic mass is 33.1. The SMILES string of the molecule is CC(C)(C)SSCCNCC(=O)OC1C(COP(=O)(O)O[C@H]2C[C@H](n3ccc(N)nc3=O)O[C@@H]2COP(=O)(O)O)OC(n2cnc3c(N)ncnc32)C1O. The Labute approximate surface area is 315 Å². The van der Waals surface area contributed by atoms with Gasteiger partial charge in [-0.1, -0.05) is 42.4 Å². The molecule has 0 spiro atoms. The number of phosphoric ester groups is 2. The van der Waals surface area contributed by atoms with Gasteiger partial charge in [-0.3, -0.25) is 27.5 Å². The molecule has 3 aromatic heterocycles. The topological polar surface area (TPSA) is 330 Å². The summed E-state index contributed by atoms with van der Waals surface area (Å²) in [6, 6.07) is 1.30. The molecule has 2 fully saturated rings. The lowest BCUT2D eigenvalue weighted by Gasteiger charge is -2.24. The molecule has 27 heteroatoms. The maximum atomic E-state index is 13.3. The van der Waals surface area contributed by atoms with Gasteiger partial charge in [-0.05, 0) is 6.07 Å². The molecule has 5 heterocycles. The number of anilines is 2. The van der Waals surface area contributed by atoms with Crippen LogP contribution in [0.5, 0.6) is 0 Å². The van der Waals surface area contributed by atoms with Gasteiger partial charge in [-0.15, -0.1) is 0 Å². The molecule has 300 valence electrons. The number of nitrogens with zero attached hydrogens (tertiary/aromatic N) is 6. The fraction of sp³-hybridized carbons (Fsp3) is 0.630. The fourth-order valence-electron chi connectivity index (χ4n) is 5.32. The van der Waals surface area contributed by atoms with Gasteiger partial charge in [-0.25, -0.2) is 28.9 Å². The average molecular weight is 842 g/mol. The standard InChI is InChI=1S/C27H41N9O14P2S2/c1-27(2,3)54-53-7-5-30-9-19(37)49-22-16(48-25(21(22)38)36-13-33-20-23(29)31-12-32-24(20)36)11-46-52(43,44)50-14-8-18(35-6-4-17(28)34-26(35)39)47-15(14)10-45-51(40,41)42/h4,6,12-16,18,21-22,25,30,38H,5,7-11H2,1-3H3,(H,43,44)(H2,28,34,39)(H2,29,31,32)(H2,40,41,42)/t14-,15+,16?,18+,21?,22?,25?/m0/s1. The van der Waals surface area contributed by atoms with Gasteiger partial charge in [0.15, 0.2) is 23.8 Å². The number of ether oxygens (including phenoxy) is 3. The Morgan fingerprint density at radius 3 is 2.54 bits per heavy atom. The molecular weight excluding hydrogens is 800 g/mol. The van der Waals surface area contributed by atoms with Crippen LogP contribution in [0.25, 0.3) is 11.2 Å². The zero-order valence-corrected chi connectivity index (χ0v) is 32.4. The lowest BCUT2D eigenvalue weighted by atomic mass is 10.1. The van der Waals surface area contributed by atoms with E-state index in [4.69, 9.17) is 34.7 Å². The highest BCUT2D eigenvalue weighted by molar-refractivity contribution is 8.77. The largest absolute Gasteiger partial charge is 0.472 e. The summed E-state index contributed by atoms with van der Waals surface area (Å²) in [5, 5.41) is 14.3. The fourth-order valence-corrected chi connectivity index (χ4v) is 8.84. The molecule has 0 aliphatic carbocycles. The van der Waals surface area contributed by atoms with E-state index in [9.17, 15) is 38.5 Å². The zero-order chi connectivity index (χ0) is 39.4. The summed E-state index contributed by atoms with van der Waals surface area (Å²) >= 11 is 0. The summed E-state index contributed by atoms with van der Waals surface area (Å²) in [6.45, 7) is 4.91. The van der Waals surface area contributed by atoms with E-state index in [1.807, 2.05) is 0 Å². The summed E-state index contributed by atoms with van der Waals surface area (Å²) < 4.78 is 59.6. The Balaban J connectivity index is 1.28. The first-order valence-electron chi connectivity index (χ1n) is 16.1. The van der Waals surface area contributed by atoms with Crippen molar-refractivity contribution in [2.75, 3.05) is 43.5 Å². The molecule has 2 saturated heterocycles. The van der Waals surface area contributed by atoms with Crippen molar-refractivity contribution in [1.29, 1.82) is 0 Å². The van der Waals surface area contributed by atoms with Gasteiger partial charge in [0.25, 0.3) is 0 Å². The number of imidazole rings is 1. The van der Waals surface area contributed by atoms with Crippen LogP contribution in [-0.2, 0) is 41.7 Å². The Morgan fingerprint density at radius 1 is 1.09 bits per heavy atom. The van der Waals surface area contributed by atoms with Crippen LogP contribution >= 0.6 is 37.2 Å². The van der Waals surface area contributed by atoms with Crippen molar-refractivity contribution in [1.82, 2.24) is 34.4 Å². The number of fused-ring (bicyclic) bond motifs is 1. The highest BCUT2D eigenvalue weighted by Gasteiger charge is 2.49. The van der Waals surface area contributed by atoms with E-state index in [0.717, 1.165) is 4.57 Å². The van der Waals surface area contributed by atoms with E-state index in [2.05, 4.69) is 50.5 Å². The number of aliphatic hydroxyl groups excluding tert-OH is 1. The summed E-state index contributed by atoms with van der Waals surface area (Å²) in [6.07, 6.45) is -6.26. The number of rotatable bonds is 17. The number of hydrogen-bond acceptors (Lipinski definition) is 20. The minimum atomic E-state index is -5.11. The van der Waals surface area contributed by atoms with Crippen molar-refractivity contribution in [2.24, 2.45) is 0 Å². The first-order valence-corrected chi connectivity index (χ1v) is 21.5. The molecule has 23 nitrogen and oxygen atoms in total. The van der Waals surface area contributed by atoms with E-state index >= 15 is 0 Å². The molecule has 2 aliphatic heterocycles. The number of nitrogen functional groups attached to an aromatic ring is 2. The van der Waals surface area contributed by atoms with E-state index in [0.29, 0.717) is 12.3 Å². The number of esters is 1. The molecule has 0 amide bonds. The summed E-state index contributed by atoms with van der Waals surface area (Å²) in [7, 11) is -6.80. The number of nitrogens with two attached hydrogens (primary N) is 2. The van der Waals surface area contributed by atoms with E-state index in [1.165, 1.54) is 29.5 Å². The molecule has 3 aromatic rings. The molecule has 8 atom stereocenters. The molecule has 9 N–H and O–H groups in total. The number of phosphoric acid groups is 2. The number of carbonyl (C=O) groups is 1. The van der Waals surface area contributed by atoms with Gasteiger partial charge in [0.2, 0.25) is 0 Å². The van der Waals surface area contributed by atoms with Crippen LogP contribution in [0.15, 0.2) is 29.7 Å². The molecule has 0 radical (unpaired) electrons. The van der Waals surface area contributed by atoms with Crippen molar-refractivity contribution in [3.8, 4) is 0 Å². The maximum Gasteiger partial charge on any atom is 0.472 e. The van der Waals surface area contributed by atoms with Crippen LogP contribution < -0.4 is 22.5 Å².